The van der Waals surface area contributed by atoms with Crippen LogP contribution < -0.4 is 9.47 Å². The zero-order chi connectivity index (χ0) is 20.6. The number of ether oxygens (including phenoxy) is 2. The van der Waals surface area contributed by atoms with Crippen molar-refractivity contribution in [3.8, 4) is 23.0 Å². The maximum Gasteiger partial charge on any atom is 0.277 e. The highest BCUT2D eigenvalue weighted by Gasteiger charge is 2.14. The van der Waals surface area contributed by atoms with Gasteiger partial charge in [0.2, 0.25) is 11.8 Å². The van der Waals surface area contributed by atoms with Crippen molar-refractivity contribution in [2.24, 2.45) is 0 Å². The molecule has 2 aromatic carbocycles. The molecule has 1 heterocycles. The third kappa shape index (κ3) is 5.74. The van der Waals surface area contributed by atoms with Crippen molar-refractivity contribution >= 4 is 17.7 Å². The first-order valence-electron chi connectivity index (χ1n) is 9.10. The number of aromatic nitrogens is 2. The Morgan fingerprint density at radius 1 is 1.14 bits per heavy atom. The molecule has 0 fully saturated rings. The van der Waals surface area contributed by atoms with E-state index in [4.69, 9.17) is 13.9 Å². The summed E-state index contributed by atoms with van der Waals surface area (Å²) in [5.41, 5.74) is 1.86. The van der Waals surface area contributed by atoms with Crippen LogP contribution in [0.1, 0.15) is 5.56 Å². The molecule has 0 spiro atoms. The van der Waals surface area contributed by atoms with E-state index < -0.39 is 0 Å². The molecule has 1 amide bonds. The Hall–Kier alpha value is -3.00. The average Bonchev–Trinajstić information content (AvgIpc) is 3.22. The molecule has 0 atom stereocenters. The third-order valence-electron chi connectivity index (χ3n) is 4.27. The minimum Gasteiger partial charge on any atom is -0.497 e. The summed E-state index contributed by atoms with van der Waals surface area (Å²) >= 11 is 1.22. The molecule has 29 heavy (non-hydrogen) atoms. The second-order valence-corrected chi connectivity index (χ2v) is 7.25. The number of likely N-dealkylation sites (N-methyl/N-ethyl adjacent to an activating group) is 1. The van der Waals surface area contributed by atoms with Gasteiger partial charge in [-0.05, 0) is 42.8 Å². The number of carbonyl (C=O) groups excluding carboxylic acids is 1. The fraction of sp³-hybridized carbons (Fsp3) is 0.286. The Balaban J connectivity index is 1.45. The molecule has 0 aliphatic heterocycles. The van der Waals surface area contributed by atoms with E-state index in [9.17, 15) is 4.79 Å². The summed E-state index contributed by atoms with van der Waals surface area (Å²) in [6, 6.07) is 15.1. The molecular formula is C21H23N3O4S. The van der Waals surface area contributed by atoms with Gasteiger partial charge in [0, 0.05) is 12.6 Å². The summed E-state index contributed by atoms with van der Waals surface area (Å²) < 4.78 is 16.5. The van der Waals surface area contributed by atoms with E-state index in [1.54, 1.807) is 19.1 Å². The predicted octanol–water partition coefficient (Wildman–Crippen LogP) is 3.68. The maximum absolute atomic E-state index is 12.3. The highest BCUT2D eigenvalue weighted by Crippen LogP contribution is 2.25. The molecule has 152 valence electrons. The second-order valence-electron chi connectivity index (χ2n) is 6.32. The molecule has 0 N–H and O–H groups in total. The monoisotopic (exact) mass is 413 g/mol. The van der Waals surface area contributed by atoms with Crippen LogP contribution in [-0.2, 0) is 4.79 Å². The van der Waals surface area contributed by atoms with Crippen molar-refractivity contribution in [1.82, 2.24) is 15.1 Å². The van der Waals surface area contributed by atoms with Gasteiger partial charge in [0.25, 0.3) is 5.22 Å². The van der Waals surface area contributed by atoms with E-state index in [0.717, 1.165) is 22.6 Å². The van der Waals surface area contributed by atoms with Crippen molar-refractivity contribution in [2.45, 2.75) is 12.1 Å². The SMILES string of the molecule is COc1ccc(-c2nnc(SCC(=O)N(C)CCOc3ccccc3C)o2)cc1. The summed E-state index contributed by atoms with van der Waals surface area (Å²) in [5.74, 6) is 2.17. The Kier molecular flexibility index (Phi) is 7.13. The van der Waals surface area contributed by atoms with Crippen LogP contribution in [-0.4, -0.2) is 54.1 Å². The molecule has 0 unspecified atom stereocenters. The lowest BCUT2D eigenvalue weighted by Crippen LogP contribution is -2.32. The lowest BCUT2D eigenvalue weighted by molar-refractivity contribution is -0.127. The highest BCUT2D eigenvalue weighted by molar-refractivity contribution is 7.99. The molecule has 0 aliphatic carbocycles. The van der Waals surface area contributed by atoms with Crippen LogP contribution >= 0.6 is 11.8 Å². The molecule has 0 aliphatic rings. The number of hydrogen-bond donors (Lipinski definition) is 0. The topological polar surface area (TPSA) is 77.7 Å². The molecule has 3 rings (SSSR count). The van der Waals surface area contributed by atoms with Crippen molar-refractivity contribution in [2.75, 3.05) is 33.1 Å². The number of aryl methyl sites for hydroxylation is 1. The Labute approximate surface area is 174 Å². The van der Waals surface area contributed by atoms with Gasteiger partial charge in [-0.15, -0.1) is 10.2 Å². The summed E-state index contributed by atoms with van der Waals surface area (Å²) in [7, 11) is 3.36. The minimum absolute atomic E-state index is 0.0346. The van der Waals surface area contributed by atoms with Crippen LogP contribution in [0.15, 0.2) is 58.2 Å². The first kappa shape index (κ1) is 20.7. The average molecular weight is 413 g/mol. The molecule has 0 radical (unpaired) electrons. The maximum atomic E-state index is 12.3. The molecule has 0 saturated carbocycles. The van der Waals surface area contributed by atoms with E-state index in [1.807, 2.05) is 55.5 Å². The van der Waals surface area contributed by atoms with Crippen molar-refractivity contribution in [1.29, 1.82) is 0 Å². The lowest BCUT2D eigenvalue weighted by Gasteiger charge is -2.17. The van der Waals surface area contributed by atoms with Crippen LogP contribution in [0.25, 0.3) is 11.5 Å². The number of hydrogen-bond acceptors (Lipinski definition) is 7. The first-order chi connectivity index (χ1) is 14.1. The fourth-order valence-corrected chi connectivity index (χ4v) is 3.19. The van der Waals surface area contributed by atoms with Crippen LogP contribution in [0.5, 0.6) is 11.5 Å². The van der Waals surface area contributed by atoms with Gasteiger partial charge in [0.15, 0.2) is 0 Å². The zero-order valence-electron chi connectivity index (χ0n) is 16.6. The summed E-state index contributed by atoms with van der Waals surface area (Å²) in [6.45, 7) is 2.92. The van der Waals surface area contributed by atoms with Gasteiger partial charge < -0.3 is 18.8 Å². The van der Waals surface area contributed by atoms with Crippen LogP contribution in [0.2, 0.25) is 0 Å². The largest absolute Gasteiger partial charge is 0.497 e. The number of thioether (sulfide) groups is 1. The Morgan fingerprint density at radius 2 is 1.90 bits per heavy atom. The first-order valence-corrected chi connectivity index (χ1v) is 10.1. The summed E-state index contributed by atoms with van der Waals surface area (Å²) in [6.07, 6.45) is 0. The number of carbonyl (C=O) groups is 1. The third-order valence-corrected chi connectivity index (χ3v) is 5.07. The quantitative estimate of drug-likeness (QED) is 0.495. The normalized spacial score (nSPS) is 10.6. The zero-order valence-corrected chi connectivity index (χ0v) is 17.4. The lowest BCUT2D eigenvalue weighted by atomic mass is 10.2. The predicted molar refractivity (Wildman–Crippen MR) is 111 cm³/mol. The molecule has 1 aromatic heterocycles. The van der Waals surface area contributed by atoms with E-state index >= 15 is 0 Å². The van der Waals surface area contributed by atoms with Crippen molar-refractivity contribution < 1.29 is 18.7 Å². The van der Waals surface area contributed by atoms with Crippen LogP contribution in [0, 0.1) is 6.92 Å². The van der Waals surface area contributed by atoms with Crippen molar-refractivity contribution in [3.63, 3.8) is 0 Å². The number of para-hydroxylation sites is 1. The fourth-order valence-electron chi connectivity index (χ4n) is 2.49. The number of nitrogens with zero attached hydrogens (tertiary/aromatic N) is 3. The molecule has 3 aromatic rings. The van der Waals surface area contributed by atoms with Gasteiger partial charge in [-0.3, -0.25) is 4.79 Å². The number of rotatable bonds is 9. The van der Waals surface area contributed by atoms with Gasteiger partial charge >= 0.3 is 0 Å². The standard InChI is InChI=1S/C21H23N3O4S/c1-15-6-4-5-7-18(15)27-13-12-24(2)19(25)14-29-21-23-22-20(28-21)16-8-10-17(26-3)11-9-16/h4-11H,12-14H2,1-3H3. The number of methoxy groups -OCH3 is 1. The molecule has 7 nitrogen and oxygen atoms in total. The second kappa shape index (κ2) is 9.97. The highest BCUT2D eigenvalue weighted by atomic mass is 32.2. The Bertz CT molecular complexity index is 943. The van der Waals surface area contributed by atoms with Crippen LogP contribution in [0.3, 0.4) is 0 Å². The molecular weight excluding hydrogens is 390 g/mol. The Morgan fingerprint density at radius 3 is 2.62 bits per heavy atom. The van der Waals surface area contributed by atoms with E-state index in [0.29, 0.717) is 24.3 Å². The summed E-state index contributed by atoms with van der Waals surface area (Å²) in [4.78, 5) is 13.9. The minimum atomic E-state index is -0.0346. The van der Waals surface area contributed by atoms with Gasteiger partial charge in [0.1, 0.15) is 18.1 Å². The van der Waals surface area contributed by atoms with Gasteiger partial charge in [-0.2, -0.15) is 0 Å². The van der Waals surface area contributed by atoms with Gasteiger partial charge in [-0.25, -0.2) is 0 Å². The van der Waals surface area contributed by atoms with E-state index in [1.165, 1.54) is 11.8 Å². The summed E-state index contributed by atoms with van der Waals surface area (Å²) in [5, 5.41) is 8.39. The number of amides is 1. The smallest absolute Gasteiger partial charge is 0.277 e. The molecule has 0 bridgehead atoms. The van der Waals surface area contributed by atoms with Crippen molar-refractivity contribution in [3.05, 3.63) is 54.1 Å². The van der Waals surface area contributed by atoms with Gasteiger partial charge in [-0.1, -0.05) is 30.0 Å². The van der Waals surface area contributed by atoms with Gasteiger partial charge in [0.05, 0.1) is 19.4 Å². The molecule has 0 saturated heterocycles. The van der Waals surface area contributed by atoms with E-state index in [2.05, 4.69) is 10.2 Å². The van der Waals surface area contributed by atoms with E-state index in [-0.39, 0.29) is 11.7 Å². The van der Waals surface area contributed by atoms with Crippen LogP contribution in [0.4, 0.5) is 0 Å². The molecule has 8 heteroatoms. The number of benzene rings is 2.